The molecular weight excluding hydrogens is 302 g/mol. The summed E-state index contributed by atoms with van der Waals surface area (Å²) in [4.78, 5) is 16.7. The number of unbranched alkanes of at least 4 members (excludes halogenated alkanes) is 1. The molecule has 2 aromatic carbocycles. The molecule has 2 aromatic rings. The fourth-order valence-corrected chi connectivity index (χ4v) is 2.09. The van der Waals surface area contributed by atoms with Gasteiger partial charge in [0.15, 0.2) is 0 Å². The van der Waals surface area contributed by atoms with E-state index in [4.69, 9.17) is 9.47 Å². The molecule has 0 radical (unpaired) electrons. The van der Waals surface area contributed by atoms with E-state index in [1.54, 1.807) is 24.4 Å². The molecule has 0 aromatic heterocycles. The Labute approximate surface area is 143 Å². The van der Waals surface area contributed by atoms with E-state index >= 15 is 0 Å². The van der Waals surface area contributed by atoms with Crippen LogP contribution in [0.2, 0.25) is 0 Å². The van der Waals surface area contributed by atoms with Gasteiger partial charge in [0.25, 0.3) is 0 Å². The number of esters is 1. The second-order valence-electron chi connectivity index (χ2n) is 5.46. The summed E-state index contributed by atoms with van der Waals surface area (Å²) in [5, 5.41) is 0. The number of rotatable bonds is 8. The molecular formula is C20H23NO3. The zero-order valence-electron chi connectivity index (χ0n) is 14.2. The first-order valence-electron chi connectivity index (χ1n) is 8.19. The van der Waals surface area contributed by atoms with E-state index in [2.05, 4.69) is 11.9 Å². The molecule has 4 heteroatoms. The van der Waals surface area contributed by atoms with Crippen LogP contribution in [-0.4, -0.2) is 25.3 Å². The van der Waals surface area contributed by atoms with Gasteiger partial charge in [0.1, 0.15) is 23.7 Å². The number of hydrogen-bond acceptors (Lipinski definition) is 4. The summed E-state index contributed by atoms with van der Waals surface area (Å²) in [6.07, 6.45) is 3.92. The van der Waals surface area contributed by atoms with Gasteiger partial charge in [0.2, 0.25) is 0 Å². The van der Waals surface area contributed by atoms with Crippen molar-refractivity contribution in [2.75, 3.05) is 13.2 Å². The lowest BCUT2D eigenvalue weighted by Crippen LogP contribution is -2.12. The lowest BCUT2D eigenvalue weighted by atomic mass is 10.1. The van der Waals surface area contributed by atoms with Crippen LogP contribution in [0.3, 0.4) is 0 Å². The monoisotopic (exact) mass is 325 g/mol. The normalized spacial score (nSPS) is 10.8. The Hall–Kier alpha value is -2.62. The highest BCUT2D eigenvalue weighted by atomic mass is 16.5. The number of benzene rings is 2. The van der Waals surface area contributed by atoms with Crippen LogP contribution >= 0.6 is 0 Å². The summed E-state index contributed by atoms with van der Waals surface area (Å²) in [5.74, 6) is 0.590. The van der Waals surface area contributed by atoms with Gasteiger partial charge >= 0.3 is 5.97 Å². The average molecular weight is 325 g/mol. The molecule has 0 aliphatic rings. The molecule has 0 fully saturated rings. The Morgan fingerprint density at radius 1 is 1.17 bits per heavy atom. The minimum atomic E-state index is -0.431. The maximum atomic E-state index is 12.4. The fraction of sp³-hybridized carbons (Fsp3) is 0.300. The summed E-state index contributed by atoms with van der Waals surface area (Å²) in [5.41, 5.74) is 1.43. The summed E-state index contributed by atoms with van der Waals surface area (Å²) < 4.78 is 11.1. The molecule has 0 amide bonds. The summed E-state index contributed by atoms with van der Waals surface area (Å²) in [7, 11) is 0. The Balaban J connectivity index is 2.03. The van der Waals surface area contributed by atoms with Crippen LogP contribution in [0.15, 0.2) is 53.5 Å². The lowest BCUT2D eigenvalue weighted by molar-refractivity contribution is 0.0731. The predicted molar refractivity (Wildman–Crippen MR) is 96.3 cm³/mol. The van der Waals surface area contributed by atoms with Gasteiger partial charge in [-0.3, -0.25) is 4.99 Å². The minimum Gasteiger partial charge on any atom is -0.487 e. The summed E-state index contributed by atoms with van der Waals surface area (Å²) in [6, 6.07) is 14.4. The van der Waals surface area contributed by atoms with Crippen molar-refractivity contribution in [1.82, 2.24) is 0 Å². The fourth-order valence-electron chi connectivity index (χ4n) is 2.09. The molecule has 0 saturated carbocycles. The SMILES string of the molecule is CCCCN=CCOc1cc(C)ccc1C(=O)Oc1ccccc1. The Kier molecular flexibility index (Phi) is 7.02. The van der Waals surface area contributed by atoms with E-state index in [1.165, 1.54) is 0 Å². The smallest absolute Gasteiger partial charge is 0.347 e. The average Bonchev–Trinajstić information content (AvgIpc) is 2.59. The lowest BCUT2D eigenvalue weighted by Gasteiger charge is -2.11. The third kappa shape index (κ3) is 5.54. The van der Waals surface area contributed by atoms with E-state index in [-0.39, 0.29) is 0 Å². The van der Waals surface area contributed by atoms with Gasteiger partial charge in [-0.2, -0.15) is 0 Å². The number of ether oxygens (including phenoxy) is 2. The van der Waals surface area contributed by atoms with Crippen molar-refractivity contribution >= 4 is 12.2 Å². The van der Waals surface area contributed by atoms with E-state index in [0.29, 0.717) is 23.7 Å². The number of hydrogen-bond donors (Lipinski definition) is 0. The van der Waals surface area contributed by atoms with Crippen molar-refractivity contribution in [3.8, 4) is 11.5 Å². The molecule has 0 atom stereocenters. The second kappa shape index (κ2) is 9.50. The molecule has 0 N–H and O–H groups in total. The van der Waals surface area contributed by atoms with Crippen LogP contribution in [0.1, 0.15) is 35.7 Å². The first-order valence-corrected chi connectivity index (χ1v) is 8.19. The zero-order valence-corrected chi connectivity index (χ0v) is 14.2. The molecule has 4 nitrogen and oxygen atoms in total. The van der Waals surface area contributed by atoms with Gasteiger partial charge < -0.3 is 9.47 Å². The van der Waals surface area contributed by atoms with Crippen LogP contribution in [0, 0.1) is 6.92 Å². The van der Waals surface area contributed by atoms with Crippen molar-refractivity contribution in [2.45, 2.75) is 26.7 Å². The third-order valence-corrected chi connectivity index (χ3v) is 3.39. The van der Waals surface area contributed by atoms with Crippen LogP contribution in [-0.2, 0) is 0 Å². The largest absolute Gasteiger partial charge is 0.487 e. The first kappa shape index (κ1) is 17.7. The number of nitrogens with zero attached hydrogens (tertiary/aromatic N) is 1. The van der Waals surface area contributed by atoms with Gasteiger partial charge in [0.05, 0.1) is 0 Å². The standard InChI is InChI=1S/C20H23NO3/c1-3-4-12-21-13-14-23-19-15-16(2)10-11-18(19)20(22)24-17-8-6-5-7-9-17/h5-11,13,15H,3-4,12,14H2,1-2H3. The van der Waals surface area contributed by atoms with Crippen molar-refractivity contribution in [2.24, 2.45) is 4.99 Å². The minimum absolute atomic E-state index is 0.332. The molecule has 24 heavy (non-hydrogen) atoms. The van der Waals surface area contributed by atoms with Crippen molar-refractivity contribution in [3.05, 3.63) is 59.7 Å². The Bertz CT molecular complexity index is 681. The molecule has 0 heterocycles. The predicted octanol–water partition coefficient (Wildman–Crippen LogP) is 4.46. The second-order valence-corrected chi connectivity index (χ2v) is 5.46. The maximum absolute atomic E-state index is 12.4. The number of aliphatic imine (C=N–C) groups is 1. The molecule has 2 rings (SSSR count). The molecule has 126 valence electrons. The van der Waals surface area contributed by atoms with Gasteiger partial charge in [-0.05, 0) is 43.2 Å². The topological polar surface area (TPSA) is 47.9 Å². The number of aryl methyl sites for hydroxylation is 1. The molecule has 0 saturated heterocycles. The van der Waals surface area contributed by atoms with E-state index in [0.717, 1.165) is 24.9 Å². The van der Waals surface area contributed by atoms with E-state index in [1.807, 2.05) is 37.3 Å². The van der Waals surface area contributed by atoms with Crippen LogP contribution in [0.4, 0.5) is 0 Å². The van der Waals surface area contributed by atoms with Gasteiger partial charge in [-0.15, -0.1) is 0 Å². The van der Waals surface area contributed by atoms with E-state index in [9.17, 15) is 4.79 Å². The highest BCUT2D eigenvalue weighted by molar-refractivity contribution is 5.94. The Morgan fingerprint density at radius 3 is 2.71 bits per heavy atom. The van der Waals surface area contributed by atoms with E-state index < -0.39 is 5.97 Å². The van der Waals surface area contributed by atoms with Crippen molar-refractivity contribution in [1.29, 1.82) is 0 Å². The van der Waals surface area contributed by atoms with Crippen LogP contribution < -0.4 is 9.47 Å². The highest BCUT2D eigenvalue weighted by Gasteiger charge is 2.15. The molecule has 0 unspecified atom stereocenters. The van der Waals surface area contributed by atoms with Gasteiger partial charge in [0, 0.05) is 12.8 Å². The highest BCUT2D eigenvalue weighted by Crippen LogP contribution is 2.22. The first-order chi connectivity index (χ1) is 11.7. The zero-order chi connectivity index (χ0) is 17.2. The van der Waals surface area contributed by atoms with Crippen molar-refractivity contribution in [3.63, 3.8) is 0 Å². The number of para-hydroxylation sites is 1. The Morgan fingerprint density at radius 2 is 1.96 bits per heavy atom. The molecule has 0 spiro atoms. The molecule has 0 aliphatic carbocycles. The number of carbonyl (C=O) groups is 1. The molecule has 0 aliphatic heterocycles. The third-order valence-electron chi connectivity index (χ3n) is 3.39. The van der Waals surface area contributed by atoms with Gasteiger partial charge in [-0.1, -0.05) is 37.6 Å². The summed E-state index contributed by atoms with van der Waals surface area (Å²) in [6.45, 7) is 5.22. The van der Waals surface area contributed by atoms with Crippen LogP contribution in [0.25, 0.3) is 0 Å². The van der Waals surface area contributed by atoms with Crippen LogP contribution in [0.5, 0.6) is 11.5 Å². The number of carbonyl (C=O) groups excluding carboxylic acids is 1. The maximum Gasteiger partial charge on any atom is 0.347 e. The van der Waals surface area contributed by atoms with Crippen molar-refractivity contribution < 1.29 is 14.3 Å². The summed E-state index contributed by atoms with van der Waals surface area (Å²) >= 11 is 0. The molecule has 0 bridgehead atoms. The van der Waals surface area contributed by atoms with Gasteiger partial charge in [-0.25, -0.2) is 4.79 Å². The quantitative estimate of drug-likeness (QED) is 0.311.